The molecule has 25 heavy (non-hydrogen) atoms. The number of nitrogens with zero attached hydrogens (tertiary/aromatic N) is 1. The van der Waals surface area contributed by atoms with E-state index in [0.29, 0.717) is 5.76 Å². The molecular formula is C18H12F3NO3. The number of carbonyl (C=O) groups excluding carboxylic acids is 1. The van der Waals surface area contributed by atoms with Crippen molar-refractivity contribution >= 4 is 5.97 Å². The summed E-state index contributed by atoms with van der Waals surface area (Å²) < 4.78 is 46.7. The first-order chi connectivity index (χ1) is 11.9. The van der Waals surface area contributed by atoms with Crippen molar-refractivity contribution < 1.29 is 27.1 Å². The zero-order valence-electron chi connectivity index (χ0n) is 12.8. The number of ether oxygens (including phenoxy) is 1. The first-order valence-corrected chi connectivity index (χ1v) is 7.28. The molecule has 0 saturated carbocycles. The number of rotatable bonds is 4. The first-order valence-electron chi connectivity index (χ1n) is 7.28. The summed E-state index contributed by atoms with van der Waals surface area (Å²) in [5.41, 5.74) is 1.00. The van der Waals surface area contributed by atoms with E-state index in [4.69, 9.17) is 4.42 Å². The molecule has 0 aliphatic rings. The SMILES string of the molecule is O=C(OCC(F)(F)F)c1ccccc1-c1ncc(-c2ccccc2)o1. The lowest BCUT2D eigenvalue weighted by molar-refractivity contribution is -0.161. The van der Waals surface area contributed by atoms with Gasteiger partial charge in [-0.1, -0.05) is 42.5 Å². The smallest absolute Gasteiger partial charge is 0.422 e. The zero-order chi connectivity index (χ0) is 17.9. The minimum Gasteiger partial charge on any atom is -0.452 e. The van der Waals surface area contributed by atoms with Crippen LogP contribution in [0.2, 0.25) is 0 Å². The molecule has 4 nitrogen and oxygen atoms in total. The van der Waals surface area contributed by atoms with Crippen LogP contribution < -0.4 is 0 Å². The zero-order valence-corrected chi connectivity index (χ0v) is 12.8. The van der Waals surface area contributed by atoms with Crippen molar-refractivity contribution in [1.82, 2.24) is 4.98 Å². The van der Waals surface area contributed by atoms with E-state index < -0.39 is 18.8 Å². The summed E-state index contributed by atoms with van der Waals surface area (Å²) in [4.78, 5) is 16.1. The van der Waals surface area contributed by atoms with E-state index in [1.54, 1.807) is 6.07 Å². The van der Waals surface area contributed by atoms with Gasteiger partial charge in [0, 0.05) is 5.56 Å². The van der Waals surface area contributed by atoms with Gasteiger partial charge in [-0.3, -0.25) is 0 Å². The lowest BCUT2D eigenvalue weighted by Gasteiger charge is -2.09. The normalized spacial score (nSPS) is 11.3. The van der Waals surface area contributed by atoms with Crippen molar-refractivity contribution in [2.45, 2.75) is 6.18 Å². The summed E-state index contributed by atoms with van der Waals surface area (Å²) >= 11 is 0. The molecule has 0 aliphatic heterocycles. The molecular weight excluding hydrogens is 335 g/mol. The predicted molar refractivity (Wildman–Crippen MR) is 83.7 cm³/mol. The largest absolute Gasteiger partial charge is 0.452 e. The highest BCUT2D eigenvalue weighted by molar-refractivity contribution is 5.96. The third kappa shape index (κ3) is 4.06. The molecule has 0 N–H and O–H groups in total. The number of benzene rings is 2. The average Bonchev–Trinajstić information content (AvgIpc) is 3.10. The van der Waals surface area contributed by atoms with Crippen LogP contribution in [-0.4, -0.2) is 23.7 Å². The van der Waals surface area contributed by atoms with E-state index in [-0.39, 0.29) is 17.0 Å². The molecule has 0 bridgehead atoms. The van der Waals surface area contributed by atoms with Crippen molar-refractivity contribution in [3.05, 3.63) is 66.4 Å². The fraction of sp³-hybridized carbons (Fsp3) is 0.111. The topological polar surface area (TPSA) is 52.3 Å². The van der Waals surface area contributed by atoms with Gasteiger partial charge < -0.3 is 9.15 Å². The molecule has 0 fully saturated rings. The van der Waals surface area contributed by atoms with E-state index in [2.05, 4.69) is 9.72 Å². The highest BCUT2D eigenvalue weighted by Crippen LogP contribution is 2.28. The quantitative estimate of drug-likeness (QED) is 0.641. The average molecular weight is 347 g/mol. The van der Waals surface area contributed by atoms with Gasteiger partial charge in [-0.2, -0.15) is 13.2 Å². The van der Waals surface area contributed by atoms with Gasteiger partial charge in [0.1, 0.15) is 0 Å². The van der Waals surface area contributed by atoms with Crippen molar-refractivity contribution in [3.8, 4) is 22.8 Å². The highest BCUT2D eigenvalue weighted by atomic mass is 19.4. The Bertz CT molecular complexity index is 873. The van der Waals surface area contributed by atoms with Crippen LogP contribution in [0.25, 0.3) is 22.8 Å². The third-order valence-electron chi connectivity index (χ3n) is 3.31. The Morgan fingerprint density at radius 3 is 2.44 bits per heavy atom. The second-order valence-corrected chi connectivity index (χ2v) is 5.13. The molecule has 0 atom stereocenters. The standard InChI is InChI=1S/C18H12F3NO3/c19-18(20,21)11-24-17(23)14-9-5-4-8-13(14)16-22-10-15(25-16)12-6-2-1-3-7-12/h1-10H,11H2. The maximum atomic E-state index is 12.2. The van der Waals surface area contributed by atoms with Gasteiger partial charge in [0.15, 0.2) is 12.4 Å². The molecule has 2 aromatic carbocycles. The minimum atomic E-state index is -4.59. The molecule has 0 amide bonds. The fourth-order valence-electron chi connectivity index (χ4n) is 2.21. The van der Waals surface area contributed by atoms with Crippen LogP contribution >= 0.6 is 0 Å². The van der Waals surface area contributed by atoms with E-state index in [0.717, 1.165) is 5.56 Å². The summed E-state index contributed by atoms with van der Waals surface area (Å²) in [6, 6.07) is 15.2. The van der Waals surface area contributed by atoms with Crippen LogP contribution in [0.4, 0.5) is 13.2 Å². The van der Waals surface area contributed by atoms with Gasteiger partial charge in [-0.15, -0.1) is 0 Å². The molecule has 3 aromatic rings. The van der Waals surface area contributed by atoms with Gasteiger partial charge in [0.2, 0.25) is 5.89 Å². The van der Waals surface area contributed by atoms with Crippen LogP contribution in [0.3, 0.4) is 0 Å². The van der Waals surface area contributed by atoms with Crippen LogP contribution in [-0.2, 0) is 4.74 Å². The maximum absolute atomic E-state index is 12.2. The monoisotopic (exact) mass is 347 g/mol. The summed E-state index contributed by atoms with van der Waals surface area (Å²) in [6.45, 7) is -1.65. The Labute approximate surface area is 140 Å². The second kappa shape index (κ2) is 6.80. The van der Waals surface area contributed by atoms with E-state index in [1.807, 2.05) is 30.3 Å². The lowest BCUT2D eigenvalue weighted by Crippen LogP contribution is -2.20. The van der Waals surface area contributed by atoms with Crippen molar-refractivity contribution in [2.24, 2.45) is 0 Å². The third-order valence-corrected chi connectivity index (χ3v) is 3.31. The number of carbonyl (C=O) groups is 1. The number of esters is 1. The second-order valence-electron chi connectivity index (χ2n) is 5.13. The van der Waals surface area contributed by atoms with Gasteiger partial charge in [0.25, 0.3) is 0 Å². The Hall–Kier alpha value is -3.09. The number of oxazole rings is 1. The van der Waals surface area contributed by atoms with Crippen LogP contribution in [0.15, 0.2) is 65.2 Å². The van der Waals surface area contributed by atoms with E-state index in [1.165, 1.54) is 24.4 Å². The molecule has 3 rings (SSSR count). The van der Waals surface area contributed by atoms with Crippen molar-refractivity contribution in [3.63, 3.8) is 0 Å². The number of alkyl halides is 3. The molecule has 1 heterocycles. The molecule has 0 spiro atoms. The Morgan fingerprint density at radius 2 is 1.72 bits per heavy atom. The summed E-state index contributed by atoms with van der Waals surface area (Å²) in [5, 5.41) is 0. The Balaban J connectivity index is 1.89. The number of hydrogen-bond donors (Lipinski definition) is 0. The van der Waals surface area contributed by atoms with Crippen LogP contribution in [0.1, 0.15) is 10.4 Å². The van der Waals surface area contributed by atoms with Crippen molar-refractivity contribution in [2.75, 3.05) is 6.61 Å². The molecule has 1 aromatic heterocycles. The number of halogens is 3. The predicted octanol–water partition coefficient (Wildman–Crippen LogP) is 4.73. The summed E-state index contributed by atoms with van der Waals surface area (Å²) in [5.74, 6) is -0.486. The Morgan fingerprint density at radius 1 is 1.04 bits per heavy atom. The van der Waals surface area contributed by atoms with Gasteiger partial charge in [0.05, 0.1) is 17.3 Å². The molecule has 0 saturated heterocycles. The maximum Gasteiger partial charge on any atom is 0.422 e. The van der Waals surface area contributed by atoms with E-state index >= 15 is 0 Å². The molecule has 0 aliphatic carbocycles. The summed E-state index contributed by atoms with van der Waals surface area (Å²) in [6.07, 6.45) is -3.10. The Kier molecular flexibility index (Phi) is 4.56. The first kappa shape index (κ1) is 16.8. The molecule has 128 valence electrons. The van der Waals surface area contributed by atoms with Crippen LogP contribution in [0.5, 0.6) is 0 Å². The highest BCUT2D eigenvalue weighted by Gasteiger charge is 2.30. The van der Waals surface area contributed by atoms with Crippen molar-refractivity contribution in [1.29, 1.82) is 0 Å². The molecule has 0 unspecified atom stereocenters. The van der Waals surface area contributed by atoms with Gasteiger partial charge in [-0.05, 0) is 12.1 Å². The summed E-state index contributed by atoms with van der Waals surface area (Å²) in [7, 11) is 0. The van der Waals surface area contributed by atoms with Crippen LogP contribution in [0, 0.1) is 0 Å². The van der Waals surface area contributed by atoms with E-state index in [9.17, 15) is 18.0 Å². The fourth-order valence-corrected chi connectivity index (χ4v) is 2.21. The van der Waals surface area contributed by atoms with Gasteiger partial charge in [-0.25, -0.2) is 9.78 Å². The number of hydrogen-bond acceptors (Lipinski definition) is 4. The lowest BCUT2D eigenvalue weighted by atomic mass is 10.1. The molecule has 0 radical (unpaired) electrons. The minimum absolute atomic E-state index is 0.0480. The molecule has 7 heteroatoms. The number of aromatic nitrogens is 1. The van der Waals surface area contributed by atoms with Gasteiger partial charge >= 0.3 is 12.1 Å².